The number of carbonyl (C=O) groups is 1. The van der Waals surface area contributed by atoms with Crippen molar-refractivity contribution in [3.8, 4) is 5.75 Å². The summed E-state index contributed by atoms with van der Waals surface area (Å²) in [5, 5.41) is 4.23. The van der Waals surface area contributed by atoms with E-state index in [0.29, 0.717) is 22.2 Å². The van der Waals surface area contributed by atoms with Gasteiger partial charge in [-0.05, 0) is 32.6 Å². The van der Waals surface area contributed by atoms with E-state index in [2.05, 4.69) is 5.32 Å². The van der Waals surface area contributed by atoms with Crippen molar-refractivity contribution in [1.29, 1.82) is 0 Å². The molecule has 5 nitrogen and oxygen atoms in total. The van der Waals surface area contributed by atoms with Gasteiger partial charge in [-0.25, -0.2) is 4.79 Å². The maximum atomic E-state index is 11.8. The fourth-order valence-electron chi connectivity index (χ4n) is 2.59. The van der Waals surface area contributed by atoms with Gasteiger partial charge < -0.3 is 20.5 Å². The molecule has 1 aliphatic carbocycles. The molecule has 3 N–H and O–H groups in total. The summed E-state index contributed by atoms with van der Waals surface area (Å²) in [7, 11) is 1.36. The Morgan fingerprint density at radius 3 is 2.67 bits per heavy atom. The molecule has 2 rings (SSSR count). The second-order valence-corrected chi connectivity index (χ2v) is 6.71. The van der Waals surface area contributed by atoms with Gasteiger partial charge in [0.05, 0.1) is 13.2 Å². The van der Waals surface area contributed by atoms with Gasteiger partial charge in [-0.2, -0.15) is 0 Å². The molecule has 1 saturated carbocycles. The summed E-state index contributed by atoms with van der Waals surface area (Å²) >= 11 is 1.31. The van der Waals surface area contributed by atoms with E-state index in [4.69, 9.17) is 15.2 Å². The number of hydrogen-bond donors (Lipinski definition) is 2. The molecular weight excluding hydrogens is 288 g/mol. The van der Waals surface area contributed by atoms with Gasteiger partial charge in [0.1, 0.15) is 15.6 Å². The first-order valence-corrected chi connectivity index (χ1v) is 8.25. The first-order chi connectivity index (χ1) is 10.0. The number of nitrogen functional groups attached to an aromatic ring is 1. The largest absolute Gasteiger partial charge is 0.486 e. The van der Waals surface area contributed by atoms with Crippen molar-refractivity contribution < 1.29 is 14.3 Å². The van der Waals surface area contributed by atoms with Crippen molar-refractivity contribution in [3.05, 3.63) is 4.88 Å². The SMILES string of the molecule is COC(=O)c1sc(NCC2CCCC2)c(OC(C)C)c1N. The van der Waals surface area contributed by atoms with E-state index < -0.39 is 5.97 Å². The van der Waals surface area contributed by atoms with Crippen LogP contribution in [0.2, 0.25) is 0 Å². The van der Waals surface area contributed by atoms with Crippen LogP contribution in [0, 0.1) is 5.92 Å². The minimum Gasteiger partial charge on any atom is -0.486 e. The number of anilines is 2. The van der Waals surface area contributed by atoms with E-state index >= 15 is 0 Å². The van der Waals surface area contributed by atoms with Gasteiger partial charge in [-0.1, -0.05) is 12.8 Å². The van der Waals surface area contributed by atoms with Crippen LogP contribution in [0.15, 0.2) is 0 Å². The minimum atomic E-state index is -0.417. The third-order valence-electron chi connectivity index (χ3n) is 3.65. The van der Waals surface area contributed by atoms with Crippen molar-refractivity contribution in [3.63, 3.8) is 0 Å². The van der Waals surface area contributed by atoms with Crippen LogP contribution in [-0.4, -0.2) is 25.7 Å². The van der Waals surface area contributed by atoms with Gasteiger partial charge in [0.15, 0.2) is 5.75 Å². The highest BCUT2D eigenvalue weighted by atomic mass is 32.1. The zero-order valence-electron chi connectivity index (χ0n) is 12.9. The van der Waals surface area contributed by atoms with Gasteiger partial charge >= 0.3 is 5.97 Å². The highest BCUT2D eigenvalue weighted by Gasteiger charge is 2.24. The number of hydrogen-bond acceptors (Lipinski definition) is 6. The number of rotatable bonds is 6. The van der Waals surface area contributed by atoms with Crippen LogP contribution in [0.4, 0.5) is 10.7 Å². The smallest absolute Gasteiger partial charge is 0.350 e. The monoisotopic (exact) mass is 312 g/mol. The molecule has 1 aliphatic rings. The van der Waals surface area contributed by atoms with Crippen LogP contribution in [0.5, 0.6) is 5.75 Å². The molecule has 21 heavy (non-hydrogen) atoms. The zero-order chi connectivity index (χ0) is 15.4. The highest BCUT2D eigenvalue weighted by molar-refractivity contribution is 7.19. The van der Waals surface area contributed by atoms with E-state index in [9.17, 15) is 4.79 Å². The maximum absolute atomic E-state index is 11.8. The lowest BCUT2D eigenvalue weighted by Crippen LogP contribution is -2.12. The summed E-state index contributed by atoms with van der Waals surface area (Å²) < 4.78 is 10.6. The summed E-state index contributed by atoms with van der Waals surface area (Å²) in [6.45, 7) is 4.78. The van der Waals surface area contributed by atoms with Crippen molar-refractivity contribution in [2.45, 2.75) is 45.6 Å². The molecule has 0 spiro atoms. The standard InChI is InChI=1S/C15H24N2O3S/c1-9(2)20-12-11(16)13(15(18)19-3)21-14(12)17-8-10-6-4-5-7-10/h9-10,17H,4-8,16H2,1-3H3. The van der Waals surface area contributed by atoms with Crippen molar-refractivity contribution >= 4 is 28.0 Å². The number of methoxy groups -OCH3 is 1. The summed E-state index contributed by atoms with van der Waals surface area (Å²) in [6.07, 6.45) is 5.14. The number of nitrogens with two attached hydrogens (primary N) is 1. The molecule has 118 valence electrons. The molecule has 0 radical (unpaired) electrons. The average Bonchev–Trinajstić information content (AvgIpc) is 3.06. The summed E-state index contributed by atoms with van der Waals surface area (Å²) in [5.41, 5.74) is 6.43. The van der Waals surface area contributed by atoms with Crippen molar-refractivity contribution in [1.82, 2.24) is 0 Å². The Balaban J connectivity index is 2.17. The lowest BCUT2D eigenvalue weighted by molar-refractivity contribution is 0.0607. The fourth-order valence-corrected chi connectivity index (χ4v) is 3.57. The topological polar surface area (TPSA) is 73.6 Å². The number of esters is 1. The van der Waals surface area contributed by atoms with Gasteiger partial charge in [-0.3, -0.25) is 0 Å². The van der Waals surface area contributed by atoms with E-state index in [1.807, 2.05) is 13.8 Å². The zero-order valence-corrected chi connectivity index (χ0v) is 13.7. The fraction of sp³-hybridized carbons (Fsp3) is 0.667. The maximum Gasteiger partial charge on any atom is 0.350 e. The normalized spacial score (nSPS) is 15.4. The first kappa shape index (κ1) is 15.9. The van der Waals surface area contributed by atoms with E-state index in [0.717, 1.165) is 11.5 Å². The second kappa shape index (κ2) is 7.02. The van der Waals surface area contributed by atoms with Crippen LogP contribution < -0.4 is 15.8 Å². The van der Waals surface area contributed by atoms with Gasteiger partial charge in [0, 0.05) is 6.54 Å². The Morgan fingerprint density at radius 1 is 1.43 bits per heavy atom. The number of carbonyl (C=O) groups excluding carboxylic acids is 1. The van der Waals surface area contributed by atoms with Crippen LogP contribution >= 0.6 is 11.3 Å². The molecule has 0 aliphatic heterocycles. The highest BCUT2D eigenvalue weighted by Crippen LogP contribution is 2.43. The van der Waals surface area contributed by atoms with Gasteiger partial charge in [0.2, 0.25) is 0 Å². The van der Waals surface area contributed by atoms with Gasteiger partial charge in [-0.15, -0.1) is 11.3 Å². The molecule has 0 amide bonds. The Kier molecular flexibility index (Phi) is 5.33. The Morgan fingerprint density at radius 2 is 2.10 bits per heavy atom. The molecule has 0 aromatic carbocycles. The number of thiophene rings is 1. The molecule has 1 aromatic rings. The molecule has 1 fully saturated rings. The molecular formula is C15H24N2O3S. The Bertz CT molecular complexity index is 493. The Labute approximate surface area is 129 Å². The van der Waals surface area contributed by atoms with Crippen molar-refractivity contribution in [2.24, 2.45) is 5.92 Å². The number of ether oxygens (including phenoxy) is 2. The van der Waals surface area contributed by atoms with Crippen LogP contribution in [0.25, 0.3) is 0 Å². The first-order valence-electron chi connectivity index (χ1n) is 7.44. The van der Waals surface area contributed by atoms with E-state index in [1.165, 1.54) is 44.1 Å². The summed E-state index contributed by atoms with van der Waals surface area (Å²) in [6, 6.07) is 0. The van der Waals surface area contributed by atoms with Crippen LogP contribution in [0.3, 0.4) is 0 Å². The molecule has 0 atom stereocenters. The van der Waals surface area contributed by atoms with E-state index in [-0.39, 0.29) is 6.10 Å². The third-order valence-corrected chi connectivity index (χ3v) is 4.77. The summed E-state index contributed by atoms with van der Waals surface area (Å²) in [4.78, 5) is 12.2. The molecule has 0 bridgehead atoms. The molecule has 1 heterocycles. The molecule has 1 aromatic heterocycles. The average molecular weight is 312 g/mol. The lowest BCUT2D eigenvalue weighted by Gasteiger charge is -2.14. The van der Waals surface area contributed by atoms with Crippen LogP contribution in [0.1, 0.15) is 49.2 Å². The molecule has 0 unspecified atom stereocenters. The van der Waals surface area contributed by atoms with Crippen LogP contribution in [-0.2, 0) is 4.74 Å². The van der Waals surface area contributed by atoms with Gasteiger partial charge in [0.25, 0.3) is 0 Å². The second-order valence-electron chi connectivity index (χ2n) is 5.69. The van der Waals surface area contributed by atoms with E-state index in [1.54, 1.807) is 0 Å². The Hall–Kier alpha value is -1.43. The third kappa shape index (κ3) is 3.81. The predicted octanol–water partition coefficient (Wildman–Crippen LogP) is 3.51. The lowest BCUT2D eigenvalue weighted by atomic mass is 10.1. The minimum absolute atomic E-state index is 0.000530. The van der Waals surface area contributed by atoms with Crippen molar-refractivity contribution in [2.75, 3.05) is 24.7 Å². The molecule has 0 saturated heterocycles. The quantitative estimate of drug-likeness (QED) is 0.786. The predicted molar refractivity (Wildman–Crippen MR) is 86.3 cm³/mol. The molecule has 6 heteroatoms. The summed E-state index contributed by atoms with van der Waals surface area (Å²) in [5.74, 6) is 0.857. The number of nitrogens with one attached hydrogen (secondary N) is 1.